The largest absolute Gasteiger partial charge is 1.00 e. The number of aromatic nitrogens is 2. The Kier molecular flexibility index (Phi) is 21.9. The van der Waals surface area contributed by atoms with Crippen LogP contribution in [0.25, 0.3) is 0 Å². The van der Waals surface area contributed by atoms with Gasteiger partial charge in [-0.1, -0.05) is 65.2 Å². The van der Waals surface area contributed by atoms with Crippen LogP contribution in [-0.2, 0) is 36.8 Å². The minimum Gasteiger partial charge on any atom is -1.00 e. The van der Waals surface area contributed by atoms with Gasteiger partial charge < -0.3 is 67.9 Å². The highest BCUT2D eigenvalue weighted by atomic mass is 79.9. The molecule has 0 aliphatic carbocycles. The van der Waals surface area contributed by atoms with Crippen molar-refractivity contribution in [3.8, 4) is 0 Å². The first-order chi connectivity index (χ1) is 23.0. The minimum absolute atomic E-state index is 0. The molecule has 0 spiro atoms. The lowest BCUT2D eigenvalue weighted by atomic mass is 9.89. The number of aryl methyl sites for hydroxylation is 2. The maximum absolute atomic E-state index is 10.3. The van der Waals surface area contributed by atoms with Crippen molar-refractivity contribution in [2.75, 3.05) is 52.9 Å². The van der Waals surface area contributed by atoms with E-state index in [0.29, 0.717) is 26.4 Å². The van der Waals surface area contributed by atoms with Crippen LogP contribution in [0.1, 0.15) is 115 Å². The summed E-state index contributed by atoms with van der Waals surface area (Å²) in [5.74, 6) is 0. The summed E-state index contributed by atoms with van der Waals surface area (Å²) in [4.78, 5) is 0. The lowest BCUT2D eigenvalue weighted by Crippen LogP contribution is -3.00. The Morgan fingerprint density at radius 3 is 1.22 bits per heavy atom. The summed E-state index contributed by atoms with van der Waals surface area (Å²) in [5, 5.41) is 20.5. The smallest absolute Gasteiger partial charge is 0.184 e. The molecule has 2 aliphatic rings. The fraction of sp³-hybridized carbons (Fsp3) is 0.737. The van der Waals surface area contributed by atoms with Gasteiger partial charge in [0.25, 0.3) is 0 Å². The molecule has 11 heteroatoms. The quantitative estimate of drug-likeness (QED) is 0.125. The predicted octanol–water partition coefficient (Wildman–Crippen LogP) is -0.244. The summed E-state index contributed by atoms with van der Waals surface area (Å²) in [6.45, 7) is 8.02. The van der Waals surface area contributed by atoms with Crippen LogP contribution in [0, 0.1) is 10.8 Å². The first kappa shape index (κ1) is 44.1. The third kappa shape index (κ3) is 14.5. The van der Waals surface area contributed by atoms with Gasteiger partial charge in [0.2, 0.25) is 0 Å². The Hall–Kier alpha value is -1.02. The summed E-state index contributed by atoms with van der Waals surface area (Å²) < 4.78 is 34.9. The Morgan fingerprint density at radius 1 is 0.571 bits per heavy atom. The molecule has 0 unspecified atom stereocenters. The van der Waals surface area contributed by atoms with Crippen LogP contribution in [0.3, 0.4) is 0 Å². The summed E-state index contributed by atoms with van der Waals surface area (Å²) in [5.41, 5.74) is 0.585. The molecule has 0 radical (unpaired) electrons. The zero-order valence-electron chi connectivity index (χ0n) is 29.9. The lowest BCUT2D eigenvalue weighted by Gasteiger charge is -2.41. The van der Waals surface area contributed by atoms with Crippen LogP contribution in [0.15, 0.2) is 49.1 Å². The van der Waals surface area contributed by atoms with Gasteiger partial charge >= 0.3 is 0 Å². The van der Waals surface area contributed by atoms with E-state index in [2.05, 4.69) is 72.0 Å². The highest BCUT2D eigenvalue weighted by Crippen LogP contribution is 2.34. The second-order valence-corrected chi connectivity index (χ2v) is 14.0. The summed E-state index contributed by atoms with van der Waals surface area (Å²) >= 11 is 0. The monoisotopic (exact) mass is 816 g/mol. The number of ether oxygens (including phenoxy) is 5. The van der Waals surface area contributed by atoms with Gasteiger partial charge in [-0.25, -0.2) is 9.13 Å². The number of hydrogen-bond donors (Lipinski definition) is 2. The van der Waals surface area contributed by atoms with E-state index in [-0.39, 0.29) is 60.4 Å². The number of rotatable bonds is 22. The number of aliphatic hydroxyl groups is 2. The van der Waals surface area contributed by atoms with Crippen LogP contribution < -0.4 is 43.1 Å². The predicted molar refractivity (Wildman–Crippen MR) is 179 cm³/mol. The van der Waals surface area contributed by atoms with Crippen LogP contribution in [0.5, 0.6) is 0 Å². The van der Waals surface area contributed by atoms with E-state index in [0.717, 1.165) is 24.2 Å². The molecular weight excluding hydrogens is 756 g/mol. The van der Waals surface area contributed by atoms with Gasteiger partial charge in [0.15, 0.2) is 37.4 Å². The SMILES string of the molecule is CCCCCCCC[n+]1ccc(C2OCC(CO)(COCC3(CO)COC(c4cc[n+](CCCCCCCC)cc4)OC3)CO2)cc1.[Br-].[Br-]. The molecule has 49 heavy (non-hydrogen) atoms. The molecule has 280 valence electrons. The molecule has 0 saturated carbocycles. The van der Waals surface area contributed by atoms with E-state index in [1.165, 1.54) is 77.0 Å². The molecule has 0 bridgehead atoms. The molecular formula is C38H62Br2N2O7. The molecule has 2 aromatic heterocycles. The molecule has 0 aromatic carbocycles. The van der Waals surface area contributed by atoms with Gasteiger partial charge in [0.1, 0.15) is 13.1 Å². The van der Waals surface area contributed by atoms with Crippen molar-refractivity contribution in [1.82, 2.24) is 0 Å². The van der Waals surface area contributed by atoms with E-state index in [1.807, 2.05) is 0 Å². The van der Waals surface area contributed by atoms with Gasteiger partial charge in [0, 0.05) is 48.2 Å². The fourth-order valence-electron chi connectivity index (χ4n) is 6.20. The van der Waals surface area contributed by atoms with Gasteiger partial charge in [-0.2, -0.15) is 0 Å². The normalized spacial score (nSPS) is 23.8. The van der Waals surface area contributed by atoms with Crippen molar-refractivity contribution in [2.45, 2.75) is 117 Å². The van der Waals surface area contributed by atoms with Gasteiger partial charge in [-0.15, -0.1) is 0 Å². The molecule has 0 atom stereocenters. The number of pyridine rings is 2. The van der Waals surface area contributed by atoms with Crippen LogP contribution in [0.4, 0.5) is 0 Å². The molecule has 2 saturated heterocycles. The summed E-state index contributed by atoms with van der Waals surface area (Å²) in [7, 11) is 0. The van der Waals surface area contributed by atoms with Crippen LogP contribution >= 0.6 is 0 Å². The highest BCUT2D eigenvalue weighted by molar-refractivity contribution is 5.10. The van der Waals surface area contributed by atoms with Gasteiger partial charge in [-0.05, 0) is 12.8 Å². The maximum atomic E-state index is 10.3. The van der Waals surface area contributed by atoms with E-state index in [4.69, 9.17) is 23.7 Å². The summed E-state index contributed by atoms with van der Waals surface area (Å²) in [6.07, 6.45) is 22.8. The van der Waals surface area contributed by atoms with Gasteiger partial charge in [-0.3, -0.25) is 0 Å². The van der Waals surface area contributed by atoms with Crippen molar-refractivity contribution in [3.05, 3.63) is 60.2 Å². The second-order valence-electron chi connectivity index (χ2n) is 14.0. The molecule has 2 fully saturated rings. The fourth-order valence-corrected chi connectivity index (χ4v) is 6.20. The van der Waals surface area contributed by atoms with Crippen molar-refractivity contribution in [1.29, 1.82) is 0 Å². The average Bonchev–Trinajstić information content (AvgIpc) is 3.12. The number of hydrogen-bond acceptors (Lipinski definition) is 7. The van der Waals surface area contributed by atoms with Crippen molar-refractivity contribution >= 4 is 0 Å². The zero-order valence-corrected chi connectivity index (χ0v) is 33.1. The first-order valence-corrected chi connectivity index (χ1v) is 18.3. The Bertz CT molecular complexity index is 1020. The minimum atomic E-state index is -0.673. The number of halogens is 2. The maximum Gasteiger partial charge on any atom is 0.184 e. The van der Waals surface area contributed by atoms with Gasteiger partial charge in [0.05, 0.1) is 63.7 Å². The standard InChI is InChI=1S/C38H62N2O7.2BrH/c1-3-5-7-9-11-13-19-39-21-15-33(16-22-39)35-44-29-37(25-41,30-45-35)27-43-28-38(26-42)31-46-36(47-32-38)34-17-23-40(24-18-34)20-14-12-10-8-6-4-2;;/h15-18,21-24,35-36,41-42H,3-14,19-20,25-32H2,1-2H3;2*1H/q+2;;/p-2. The topological polar surface area (TPSA) is 94.4 Å². The lowest BCUT2D eigenvalue weighted by molar-refractivity contribution is -0.697. The van der Waals surface area contributed by atoms with Crippen LogP contribution in [-0.4, -0.2) is 63.1 Å². The Morgan fingerprint density at radius 2 is 0.898 bits per heavy atom. The zero-order chi connectivity index (χ0) is 33.2. The summed E-state index contributed by atoms with van der Waals surface area (Å²) in [6, 6.07) is 8.20. The molecule has 2 N–H and O–H groups in total. The average molecular weight is 819 g/mol. The van der Waals surface area contributed by atoms with E-state index in [9.17, 15) is 10.2 Å². The number of nitrogens with zero attached hydrogens (tertiary/aromatic N) is 2. The Labute approximate surface area is 316 Å². The van der Waals surface area contributed by atoms with Crippen molar-refractivity contribution < 1.29 is 77.0 Å². The molecule has 4 heterocycles. The number of unbranched alkanes of at least 4 members (excludes halogenated alkanes) is 10. The van der Waals surface area contributed by atoms with E-state index >= 15 is 0 Å². The third-order valence-corrected chi connectivity index (χ3v) is 9.57. The number of aliphatic hydroxyl groups excluding tert-OH is 2. The van der Waals surface area contributed by atoms with Crippen molar-refractivity contribution in [2.24, 2.45) is 10.8 Å². The molecule has 2 aromatic rings. The Balaban J connectivity index is 0.00000417. The van der Waals surface area contributed by atoms with Crippen molar-refractivity contribution in [3.63, 3.8) is 0 Å². The van der Waals surface area contributed by atoms with Crippen LogP contribution in [0.2, 0.25) is 0 Å². The second kappa shape index (κ2) is 24.3. The first-order valence-electron chi connectivity index (χ1n) is 18.3. The molecule has 4 rings (SSSR count). The van der Waals surface area contributed by atoms with E-state index in [1.54, 1.807) is 0 Å². The molecule has 0 amide bonds. The third-order valence-electron chi connectivity index (χ3n) is 9.57. The molecule has 2 aliphatic heterocycles. The highest BCUT2D eigenvalue weighted by Gasteiger charge is 2.41. The van der Waals surface area contributed by atoms with E-state index < -0.39 is 23.4 Å². The molecule has 9 nitrogen and oxygen atoms in total.